The minimum atomic E-state index is -0.0787. The molecule has 0 atom stereocenters. The van der Waals surface area contributed by atoms with E-state index in [0.717, 1.165) is 17.1 Å². The molecule has 0 bridgehead atoms. The molecule has 4 heteroatoms. The van der Waals surface area contributed by atoms with Crippen molar-refractivity contribution in [1.29, 1.82) is 0 Å². The van der Waals surface area contributed by atoms with Crippen LogP contribution in [0.1, 0.15) is 19.4 Å². The predicted molar refractivity (Wildman–Crippen MR) is 69.8 cm³/mol. The van der Waals surface area contributed by atoms with Crippen LogP contribution in [-0.4, -0.2) is 25.7 Å². The van der Waals surface area contributed by atoms with Gasteiger partial charge in [0.25, 0.3) is 5.91 Å². The van der Waals surface area contributed by atoms with Crippen LogP contribution in [0.15, 0.2) is 23.8 Å². The zero-order valence-electron chi connectivity index (χ0n) is 10.7. The zero-order chi connectivity index (χ0) is 13.0. The first kappa shape index (κ1) is 12.5. The van der Waals surface area contributed by atoms with Crippen molar-refractivity contribution in [3.63, 3.8) is 0 Å². The summed E-state index contributed by atoms with van der Waals surface area (Å²) >= 11 is 0. The molecule has 1 heterocycles. The molecule has 0 saturated heterocycles. The summed E-state index contributed by atoms with van der Waals surface area (Å²) in [4.78, 5) is 11.7. The van der Waals surface area contributed by atoms with Crippen LogP contribution in [0.2, 0.25) is 0 Å². The van der Waals surface area contributed by atoms with Gasteiger partial charge in [-0.2, -0.15) is 0 Å². The second-order valence-corrected chi connectivity index (χ2v) is 3.95. The molecule has 0 aromatic heterocycles. The van der Waals surface area contributed by atoms with Crippen molar-refractivity contribution in [1.82, 2.24) is 5.32 Å². The fourth-order valence-electron chi connectivity index (χ4n) is 1.82. The van der Waals surface area contributed by atoms with Gasteiger partial charge in [-0.05, 0) is 38.1 Å². The van der Waals surface area contributed by atoms with Gasteiger partial charge in [-0.15, -0.1) is 0 Å². The average Bonchev–Trinajstić information content (AvgIpc) is 2.38. The van der Waals surface area contributed by atoms with E-state index in [4.69, 9.17) is 9.47 Å². The molecular formula is C14H17NO3. The Hall–Kier alpha value is -1.97. The van der Waals surface area contributed by atoms with E-state index < -0.39 is 0 Å². The molecule has 1 amide bonds. The first-order valence-electron chi connectivity index (χ1n) is 6.13. The molecule has 1 aromatic rings. The molecule has 1 aliphatic rings. The Balaban J connectivity index is 2.25. The van der Waals surface area contributed by atoms with Crippen molar-refractivity contribution in [2.24, 2.45) is 0 Å². The van der Waals surface area contributed by atoms with E-state index in [1.807, 2.05) is 38.1 Å². The quantitative estimate of drug-likeness (QED) is 0.885. The summed E-state index contributed by atoms with van der Waals surface area (Å²) in [5, 5.41) is 2.77. The Morgan fingerprint density at radius 3 is 3.00 bits per heavy atom. The van der Waals surface area contributed by atoms with Gasteiger partial charge in [0.2, 0.25) is 0 Å². The highest BCUT2D eigenvalue weighted by molar-refractivity contribution is 5.99. The first-order valence-corrected chi connectivity index (χ1v) is 6.13. The van der Waals surface area contributed by atoms with E-state index in [2.05, 4.69) is 5.32 Å². The molecule has 96 valence electrons. The van der Waals surface area contributed by atoms with Crippen molar-refractivity contribution < 1.29 is 14.3 Å². The highest BCUT2D eigenvalue weighted by atomic mass is 16.5. The minimum absolute atomic E-state index is 0.0787. The van der Waals surface area contributed by atoms with Crippen LogP contribution in [0, 0.1) is 0 Å². The van der Waals surface area contributed by atoms with Gasteiger partial charge in [0.1, 0.15) is 18.1 Å². The maximum absolute atomic E-state index is 11.7. The lowest BCUT2D eigenvalue weighted by Crippen LogP contribution is -2.28. The maximum Gasteiger partial charge on any atom is 0.250 e. The number of nitrogens with one attached hydrogen (secondary N) is 1. The van der Waals surface area contributed by atoms with Crippen molar-refractivity contribution in [2.75, 3.05) is 19.8 Å². The first-order chi connectivity index (χ1) is 8.74. The van der Waals surface area contributed by atoms with Crippen LogP contribution in [0.4, 0.5) is 0 Å². The van der Waals surface area contributed by atoms with Gasteiger partial charge in [0.05, 0.1) is 12.2 Å². The molecule has 18 heavy (non-hydrogen) atoms. The molecule has 0 aliphatic carbocycles. The summed E-state index contributed by atoms with van der Waals surface area (Å²) in [6, 6.07) is 5.62. The number of likely N-dealkylation sites (N-methyl/N-ethyl adjacent to an activating group) is 1. The molecule has 1 aliphatic heterocycles. The third-order valence-electron chi connectivity index (χ3n) is 2.63. The molecule has 0 fully saturated rings. The van der Waals surface area contributed by atoms with Gasteiger partial charge in [-0.1, -0.05) is 0 Å². The number of ether oxygens (including phenoxy) is 2. The summed E-state index contributed by atoms with van der Waals surface area (Å²) in [5.74, 6) is 1.49. The second kappa shape index (κ2) is 5.58. The molecule has 2 rings (SSSR count). The summed E-state index contributed by atoms with van der Waals surface area (Å²) in [5.41, 5.74) is 1.52. The van der Waals surface area contributed by atoms with Crippen molar-refractivity contribution in [3.8, 4) is 11.5 Å². The topological polar surface area (TPSA) is 47.6 Å². The standard InChI is InChI=1S/C14H17NO3/c1-3-15-14(16)11-7-10-8-12(17-4-2)5-6-13(10)18-9-11/h5-8H,3-4,9H2,1-2H3,(H,15,16). The van der Waals surface area contributed by atoms with E-state index in [1.165, 1.54) is 0 Å². The van der Waals surface area contributed by atoms with Crippen LogP contribution in [0.25, 0.3) is 6.08 Å². The number of benzene rings is 1. The fraction of sp³-hybridized carbons (Fsp3) is 0.357. The molecule has 0 spiro atoms. The monoisotopic (exact) mass is 247 g/mol. The Kier molecular flexibility index (Phi) is 3.87. The van der Waals surface area contributed by atoms with Crippen molar-refractivity contribution >= 4 is 12.0 Å². The lowest BCUT2D eigenvalue weighted by atomic mass is 10.1. The summed E-state index contributed by atoms with van der Waals surface area (Å²) < 4.78 is 11.0. The number of amides is 1. The van der Waals surface area contributed by atoms with Crippen molar-refractivity contribution in [3.05, 3.63) is 29.3 Å². The Bertz CT molecular complexity index is 480. The summed E-state index contributed by atoms with van der Waals surface area (Å²) in [6.07, 6.45) is 1.85. The van der Waals surface area contributed by atoms with Gasteiger partial charge in [-0.25, -0.2) is 0 Å². The van der Waals surface area contributed by atoms with Gasteiger partial charge in [-0.3, -0.25) is 4.79 Å². The summed E-state index contributed by atoms with van der Waals surface area (Å²) in [7, 11) is 0. The Labute approximate surface area is 107 Å². The maximum atomic E-state index is 11.7. The molecule has 0 radical (unpaired) electrons. The van der Waals surface area contributed by atoms with Crippen LogP contribution in [0.5, 0.6) is 11.5 Å². The smallest absolute Gasteiger partial charge is 0.250 e. The normalized spacial score (nSPS) is 13.1. The third-order valence-corrected chi connectivity index (χ3v) is 2.63. The zero-order valence-corrected chi connectivity index (χ0v) is 10.7. The number of hydrogen-bond acceptors (Lipinski definition) is 3. The Morgan fingerprint density at radius 1 is 1.44 bits per heavy atom. The number of rotatable bonds is 4. The van der Waals surface area contributed by atoms with E-state index >= 15 is 0 Å². The lowest BCUT2D eigenvalue weighted by Gasteiger charge is -2.18. The molecular weight excluding hydrogens is 230 g/mol. The van der Waals surface area contributed by atoms with Crippen LogP contribution in [0.3, 0.4) is 0 Å². The molecule has 1 N–H and O–H groups in total. The molecule has 0 saturated carbocycles. The minimum Gasteiger partial charge on any atom is -0.494 e. The molecule has 0 unspecified atom stereocenters. The van der Waals surface area contributed by atoms with Gasteiger partial charge < -0.3 is 14.8 Å². The number of carbonyl (C=O) groups is 1. The van der Waals surface area contributed by atoms with Gasteiger partial charge >= 0.3 is 0 Å². The number of hydrogen-bond donors (Lipinski definition) is 1. The molecule has 4 nitrogen and oxygen atoms in total. The summed E-state index contributed by atoms with van der Waals surface area (Å²) in [6.45, 7) is 5.37. The largest absolute Gasteiger partial charge is 0.494 e. The SMILES string of the molecule is CCNC(=O)C1=Cc2cc(OCC)ccc2OC1. The van der Waals surface area contributed by atoms with Gasteiger partial charge in [0.15, 0.2) is 0 Å². The second-order valence-electron chi connectivity index (χ2n) is 3.95. The Morgan fingerprint density at radius 2 is 2.28 bits per heavy atom. The predicted octanol–water partition coefficient (Wildman–Crippen LogP) is 2.00. The van der Waals surface area contributed by atoms with E-state index in [0.29, 0.717) is 25.3 Å². The van der Waals surface area contributed by atoms with Crippen LogP contribution in [-0.2, 0) is 4.79 Å². The third kappa shape index (κ3) is 2.64. The average molecular weight is 247 g/mol. The lowest BCUT2D eigenvalue weighted by molar-refractivity contribution is -0.117. The fourth-order valence-corrected chi connectivity index (χ4v) is 1.82. The van der Waals surface area contributed by atoms with Gasteiger partial charge in [0, 0.05) is 12.1 Å². The number of carbonyl (C=O) groups excluding carboxylic acids is 1. The van der Waals surface area contributed by atoms with Crippen LogP contribution < -0.4 is 14.8 Å². The highest BCUT2D eigenvalue weighted by Gasteiger charge is 2.17. The van der Waals surface area contributed by atoms with Crippen molar-refractivity contribution in [2.45, 2.75) is 13.8 Å². The van der Waals surface area contributed by atoms with Crippen LogP contribution >= 0.6 is 0 Å². The van der Waals surface area contributed by atoms with E-state index in [9.17, 15) is 4.79 Å². The van der Waals surface area contributed by atoms with E-state index in [1.54, 1.807) is 0 Å². The number of fused-ring (bicyclic) bond motifs is 1. The highest BCUT2D eigenvalue weighted by Crippen LogP contribution is 2.30. The van der Waals surface area contributed by atoms with E-state index in [-0.39, 0.29) is 5.91 Å². The molecule has 1 aromatic carbocycles.